The second-order valence-electron chi connectivity index (χ2n) is 7.73. The zero-order valence-corrected chi connectivity index (χ0v) is 18.1. The molecule has 0 spiro atoms. The van der Waals surface area contributed by atoms with E-state index in [0.29, 0.717) is 17.6 Å². The standard InChI is InChI=1S/C26H32NP/c1-21(2)26(19-20-27-22(3)23-13-7-4-8-14-23)28(24-15-9-5-10-16-24)25-17-11-6-12-18-25/h4-18,21-22,26-27H,19-20H2,1-3H3/t22-,26+/m0/s1. The van der Waals surface area contributed by atoms with E-state index in [1.165, 1.54) is 22.6 Å². The van der Waals surface area contributed by atoms with Gasteiger partial charge >= 0.3 is 0 Å². The minimum atomic E-state index is -0.379. The topological polar surface area (TPSA) is 12.0 Å². The molecule has 0 unspecified atom stereocenters. The van der Waals surface area contributed by atoms with Crippen molar-refractivity contribution in [3.63, 3.8) is 0 Å². The van der Waals surface area contributed by atoms with Gasteiger partial charge in [-0.1, -0.05) is 105 Å². The summed E-state index contributed by atoms with van der Waals surface area (Å²) in [5.41, 5.74) is 2.01. The Bertz CT molecular complexity index is 762. The average molecular weight is 390 g/mol. The van der Waals surface area contributed by atoms with Crippen LogP contribution in [0.2, 0.25) is 0 Å². The van der Waals surface area contributed by atoms with E-state index in [1.54, 1.807) is 0 Å². The minimum Gasteiger partial charge on any atom is -0.310 e. The van der Waals surface area contributed by atoms with E-state index in [1.807, 2.05) is 0 Å². The van der Waals surface area contributed by atoms with Gasteiger partial charge in [-0.15, -0.1) is 0 Å². The third-order valence-corrected chi connectivity index (χ3v) is 8.59. The van der Waals surface area contributed by atoms with E-state index < -0.39 is 0 Å². The number of hydrogen-bond acceptors (Lipinski definition) is 1. The van der Waals surface area contributed by atoms with Crippen molar-refractivity contribution < 1.29 is 0 Å². The van der Waals surface area contributed by atoms with Crippen molar-refractivity contribution in [2.24, 2.45) is 5.92 Å². The molecule has 0 fully saturated rings. The van der Waals surface area contributed by atoms with Crippen molar-refractivity contribution in [3.8, 4) is 0 Å². The van der Waals surface area contributed by atoms with E-state index in [9.17, 15) is 0 Å². The number of benzene rings is 3. The van der Waals surface area contributed by atoms with Gasteiger partial charge in [0.25, 0.3) is 0 Å². The molecule has 1 N–H and O–H groups in total. The first-order chi connectivity index (χ1) is 13.7. The van der Waals surface area contributed by atoms with E-state index >= 15 is 0 Å². The first-order valence-electron chi connectivity index (χ1n) is 10.3. The summed E-state index contributed by atoms with van der Waals surface area (Å²) in [6.45, 7) is 8.06. The lowest BCUT2D eigenvalue weighted by Gasteiger charge is -2.32. The molecular formula is C26H32NP. The fourth-order valence-corrected chi connectivity index (χ4v) is 6.81. The number of rotatable bonds is 9. The summed E-state index contributed by atoms with van der Waals surface area (Å²) in [4.78, 5) is 0. The third-order valence-electron chi connectivity index (χ3n) is 5.36. The first kappa shape index (κ1) is 20.8. The van der Waals surface area contributed by atoms with Gasteiger partial charge < -0.3 is 5.32 Å². The van der Waals surface area contributed by atoms with Gasteiger partial charge in [0.05, 0.1) is 0 Å². The van der Waals surface area contributed by atoms with Crippen LogP contribution in [0.1, 0.15) is 38.8 Å². The molecule has 146 valence electrons. The van der Waals surface area contributed by atoms with Crippen LogP contribution >= 0.6 is 7.92 Å². The van der Waals surface area contributed by atoms with Crippen LogP contribution in [0.4, 0.5) is 0 Å². The van der Waals surface area contributed by atoms with Crippen LogP contribution in [-0.2, 0) is 0 Å². The summed E-state index contributed by atoms with van der Waals surface area (Å²) in [5.74, 6) is 0.639. The summed E-state index contributed by atoms with van der Waals surface area (Å²) >= 11 is 0. The van der Waals surface area contributed by atoms with Crippen molar-refractivity contribution in [2.75, 3.05) is 6.54 Å². The van der Waals surface area contributed by atoms with Crippen LogP contribution in [0, 0.1) is 5.92 Å². The fourth-order valence-electron chi connectivity index (χ4n) is 3.78. The zero-order chi connectivity index (χ0) is 19.8. The predicted molar refractivity (Wildman–Crippen MR) is 125 cm³/mol. The Morgan fingerprint density at radius 1 is 0.679 bits per heavy atom. The number of hydrogen-bond donors (Lipinski definition) is 1. The van der Waals surface area contributed by atoms with Crippen LogP contribution in [0.25, 0.3) is 0 Å². The van der Waals surface area contributed by atoms with E-state index in [0.717, 1.165) is 6.54 Å². The molecule has 2 atom stereocenters. The highest BCUT2D eigenvalue weighted by atomic mass is 31.1. The summed E-state index contributed by atoms with van der Waals surface area (Å²) in [6, 6.07) is 33.3. The normalized spacial score (nSPS) is 13.6. The van der Waals surface area contributed by atoms with Crippen molar-refractivity contribution in [1.82, 2.24) is 5.32 Å². The van der Waals surface area contributed by atoms with Gasteiger partial charge in [0.2, 0.25) is 0 Å². The molecule has 3 aromatic carbocycles. The lowest BCUT2D eigenvalue weighted by molar-refractivity contribution is 0.505. The molecule has 0 heterocycles. The van der Waals surface area contributed by atoms with Gasteiger partial charge in [0.15, 0.2) is 0 Å². The van der Waals surface area contributed by atoms with Crippen molar-refractivity contribution in [1.29, 1.82) is 0 Å². The van der Waals surface area contributed by atoms with Crippen LogP contribution in [0.15, 0.2) is 91.0 Å². The van der Waals surface area contributed by atoms with E-state index in [2.05, 4.69) is 117 Å². The molecule has 0 aliphatic heterocycles. The van der Waals surface area contributed by atoms with E-state index in [-0.39, 0.29) is 7.92 Å². The SMILES string of the molecule is CC(C)[C@@H](CCN[C@@H](C)c1ccccc1)P(c1ccccc1)c1ccccc1. The Balaban J connectivity index is 1.76. The largest absolute Gasteiger partial charge is 0.310 e. The molecule has 0 aromatic heterocycles. The monoisotopic (exact) mass is 389 g/mol. The van der Waals surface area contributed by atoms with Gasteiger partial charge in [0, 0.05) is 6.04 Å². The molecule has 0 saturated heterocycles. The van der Waals surface area contributed by atoms with Gasteiger partial charge in [0.1, 0.15) is 0 Å². The van der Waals surface area contributed by atoms with Crippen LogP contribution < -0.4 is 15.9 Å². The molecule has 0 amide bonds. The molecular weight excluding hydrogens is 357 g/mol. The van der Waals surface area contributed by atoms with Crippen LogP contribution in [0.5, 0.6) is 0 Å². The lowest BCUT2D eigenvalue weighted by Crippen LogP contribution is -2.30. The smallest absolute Gasteiger partial charge is 0.0291 e. The second kappa shape index (κ2) is 10.6. The lowest BCUT2D eigenvalue weighted by atomic mass is 10.1. The fraction of sp³-hybridized carbons (Fsp3) is 0.308. The Morgan fingerprint density at radius 3 is 1.61 bits per heavy atom. The highest BCUT2D eigenvalue weighted by molar-refractivity contribution is 7.73. The van der Waals surface area contributed by atoms with E-state index in [4.69, 9.17) is 0 Å². The van der Waals surface area contributed by atoms with Gasteiger partial charge in [-0.05, 0) is 55.6 Å². The Labute approximate surface area is 172 Å². The third kappa shape index (κ3) is 5.53. The average Bonchev–Trinajstić information content (AvgIpc) is 2.75. The molecule has 3 aromatic rings. The summed E-state index contributed by atoms with van der Waals surface area (Å²) < 4.78 is 0. The Kier molecular flexibility index (Phi) is 7.83. The molecule has 0 aliphatic rings. The molecule has 3 rings (SSSR count). The highest BCUT2D eigenvalue weighted by Crippen LogP contribution is 2.44. The van der Waals surface area contributed by atoms with Crippen LogP contribution in [-0.4, -0.2) is 12.2 Å². The second-order valence-corrected chi connectivity index (χ2v) is 10.2. The predicted octanol–water partition coefficient (Wildman–Crippen LogP) is 5.88. The molecule has 2 heteroatoms. The molecule has 0 bridgehead atoms. The molecule has 0 radical (unpaired) electrons. The maximum Gasteiger partial charge on any atom is 0.0291 e. The quantitative estimate of drug-likeness (QED) is 0.450. The van der Waals surface area contributed by atoms with Crippen molar-refractivity contribution in [3.05, 3.63) is 96.6 Å². The molecule has 1 nitrogen and oxygen atoms in total. The van der Waals surface area contributed by atoms with Crippen LogP contribution in [0.3, 0.4) is 0 Å². The summed E-state index contributed by atoms with van der Waals surface area (Å²) in [5, 5.41) is 6.72. The van der Waals surface area contributed by atoms with Gasteiger partial charge in [-0.3, -0.25) is 0 Å². The Morgan fingerprint density at radius 2 is 1.14 bits per heavy atom. The maximum atomic E-state index is 3.75. The maximum absolute atomic E-state index is 3.75. The summed E-state index contributed by atoms with van der Waals surface area (Å²) in [6.07, 6.45) is 1.18. The highest BCUT2D eigenvalue weighted by Gasteiger charge is 2.27. The zero-order valence-electron chi connectivity index (χ0n) is 17.3. The molecule has 0 aliphatic carbocycles. The molecule has 28 heavy (non-hydrogen) atoms. The summed E-state index contributed by atoms with van der Waals surface area (Å²) in [7, 11) is -0.379. The van der Waals surface area contributed by atoms with Crippen molar-refractivity contribution in [2.45, 2.75) is 38.9 Å². The van der Waals surface area contributed by atoms with Gasteiger partial charge in [-0.2, -0.15) is 0 Å². The Hall–Kier alpha value is -1.95. The minimum absolute atomic E-state index is 0.379. The van der Waals surface area contributed by atoms with Crippen molar-refractivity contribution >= 4 is 18.5 Å². The number of nitrogens with one attached hydrogen (secondary N) is 1. The molecule has 0 saturated carbocycles. The van der Waals surface area contributed by atoms with Gasteiger partial charge in [-0.25, -0.2) is 0 Å². The first-order valence-corrected chi connectivity index (χ1v) is 11.8.